The second-order valence-electron chi connectivity index (χ2n) is 12.6. The van der Waals surface area contributed by atoms with E-state index in [9.17, 15) is 19.5 Å². The van der Waals surface area contributed by atoms with Gasteiger partial charge in [0.25, 0.3) is 0 Å². The predicted octanol–water partition coefficient (Wildman–Crippen LogP) is 4.50. The molecule has 224 valence electrons. The Balaban J connectivity index is 1.83. The maximum Gasteiger partial charge on any atom is 0.247 e. The monoisotopic (exact) mass is 573 g/mol. The Morgan fingerprint density at radius 3 is 2.40 bits per heavy atom. The van der Waals surface area contributed by atoms with Crippen molar-refractivity contribution in [3.05, 3.63) is 25.3 Å². The lowest BCUT2D eigenvalue weighted by Gasteiger charge is -2.45. The van der Waals surface area contributed by atoms with Crippen LogP contribution in [0, 0.1) is 23.7 Å². The predicted molar refractivity (Wildman–Crippen MR) is 162 cm³/mol. The molecule has 4 aliphatic rings. The minimum Gasteiger partial charge on any atom is -0.394 e. The van der Waals surface area contributed by atoms with Gasteiger partial charge in [-0.25, -0.2) is 0 Å². The van der Waals surface area contributed by atoms with Gasteiger partial charge in [0.2, 0.25) is 17.7 Å². The molecule has 0 radical (unpaired) electrons. The Morgan fingerprint density at radius 1 is 1.15 bits per heavy atom. The van der Waals surface area contributed by atoms with Gasteiger partial charge in [-0.05, 0) is 37.5 Å². The maximum atomic E-state index is 14.9. The van der Waals surface area contributed by atoms with Gasteiger partial charge in [0.15, 0.2) is 0 Å². The Hall–Kier alpha value is -1.80. The summed E-state index contributed by atoms with van der Waals surface area (Å²) in [5.74, 6) is -1.02. The van der Waals surface area contributed by atoms with Gasteiger partial charge < -0.3 is 19.8 Å². The van der Waals surface area contributed by atoms with Crippen LogP contribution in [0.3, 0.4) is 0 Å². The Morgan fingerprint density at radius 2 is 1.82 bits per heavy atom. The molecular formula is C32H51N3O4S. The van der Waals surface area contributed by atoms with Crippen LogP contribution in [0.15, 0.2) is 25.3 Å². The fourth-order valence-electron chi connectivity index (χ4n) is 8.23. The number of aliphatic hydroxyl groups is 1. The average molecular weight is 574 g/mol. The van der Waals surface area contributed by atoms with Gasteiger partial charge in [-0.2, -0.15) is 0 Å². The molecule has 1 N–H and O–H groups in total. The highest BCUT2D eigenvalue weighted by molar-refractivity contribution is 8.02. The van der Waals surface area contributed by atoms with E-state index in [-0.39, 0.29) is 47.5 Å². The average Bonchev–Trinajstić information content (AvgIpc) is 3.55. The minimum atomic E-state index is -0.695. The summed E-state index contributed by atoms with van der Waals surface area (Å²) in [5, 5.41) is 10.7. The minimum absolute atomic E-state index is 0.0109. The Kier molecular flexibility index (Phi) is 10.1. The highest BCUT2D eigenvalue weighted by Gasteiger charge is 2.77. The molecule has 0 aromatic heterocycles. The number of fused-ring (bicyclic) bond motifs is 1. The number of carbonyl (C=O) groups excluding carboxylic acids is 3. The molecule has 3 unspecified atom stereocenters. The summed E-state index contributed by atoms with van der Waals surface area (Å²) in [6.45, 7) is 17.5. The van der Waals surface area contributed by atoms with Gasteiger partial charge in [-0.15, -0.1) is 24.9 Å². The van der Waals surface area contributed by atoms with E-state index in [0.717, 1.165) is 44.9 Å². The normalized spacial score (nSPS) is 33.0. The van der Waals surface area contributed by atoms with E-state index in [1.807, 2.05) is 16.7 Å². The molecule has 1 spiro atoms. The topological polar surface area (TPSA) is 81.2 Å². The number of carbonyl (C=O) groups is 3. The fraction of sp³-hybridized carbons (Fsp3) is 0.781. The van der Waals surface area contributed by atoms with Crippen molar-refractivity contribution in [2.75, 3.05) is 26.2 Å². The lowest BCUT2D eigenvalue weighted by atomic mass is 9.65. The molecule has 3 saturated heterocycles. The quantitative estimate of drug-likeness (QED) is 0.328. The second-order valence-corrected chi connectivity index (χ2v) is 14.1. The third kappa shape index (κ3) is 5.05. The van der Waals surface area contributed by atoms with Crippen LogP contribution in [0.1, 0.15) is 79.1 Å². The molecule has 1 aliphatic carbocycles. The van der Waals surface area contributed by atoms with E-state index in [2.05, 4.69) is 33.9 Å². The first kappa shape index (κ1) is 31.1. The molecule has 3 amide bonds. The number of thioether (sulfide) groups is 1. The molecule has 7 nitrogen and oxygen atoms in total. The van der Waals surface area contributed by atoms with Crippen molar-refractivity contribution in [3.8, 4) is 0 Å². The lowest BCUT2D eigenvalue weighted by molar-refractivity contribution is -0.149. The number of rotatable bonds is 13. The summed E-state index contributed by atoms with van der Waals surface area (Å²) in [4.78, 5) is 49.3. The highest BCUT2D eigenvalue weighted by atomic mass is 32.2. The van der Waals surface area contributed by atoms with Gasteiger partial charge in [0, 0.05) is 30.9 Å². The van der Waals surface area contributed by atoms with E-state index in [1.54, 1.807) is 28.8 Å². The first-order valence-electron chi connectivity index (χ1n) is 15.6. The molecule has 8 heteroatoms. The first-order valence-corrected chi connectivity index (χ1v) is 16.5. The summed E-state index contributed by atoms with van der Waals surface area (Å²) < 4.78 is -0.680. The van der Waals surface area contributed by atoms with Crippen LogP contribution in [-0.4, -0.2) is 91.9 Å². The summed E-state index contributed by atoms with van der Waals surface area (Å²) in [5.41, 5.74) is 0. The zero-order valence-electron chi connectivity index (χ0n) is 25.1. The van der Waals surface area contributed by atoms with E-state index in [1.165, 1.54) is 6.42 Å². The first-order chi connectivity index (χ1) is 19.2. The van der Waals surface area contributed by atoms with Crippen LogP contribution in [0.2, 0.25) is 0 Å². The molecule has 0 aromatic rings. The van der Waals surface area contributed by atoms with Crippen molar-refractivity contribution >= 4 is 29.5 Å². The number of aliphatic hydroxyl groups excluding tert-OH is 1. The van der Waals surface area contributed by atoms with Crippen LogP contribution in [-0.2, 0) is 14.4 Å². The van der Waals surface area contributed by atoms with Crippen LogP contribution in [0.4, 0.5) is 0 Å². The molecule has 3 heterocycles. The van der Waals surface area contributed by atoms with Crippen molar-refractivity contribution in [2.45, 2.75) is 107 Å². The smallest absolute Gasteiger partial charge is 0.247 e. The number of likely N-dealkylation sites (tertiary alicyclic amines) is 1. The summed E-state index contributed by atoms with van der Waals surface area (Å²) in [6, 6.07) is -1.03. The zero-order valence-corrected chi connectivity index (χ0v) is 25.9. The van der Waals surface area contributed by atoms with Crippen LogP contribution >= 0.6 is 11.8 Å². The van der Waals surface area contributed by atoms with Crippen molar-refractivity contribution in [2.24, 2.45) is 23.7 Å². The molecule has 4 rings (SSSR count). The van der Waals surface area contributed by atoms with Gasteiger partial charge in [-0.1, -0.05) is 65.5 Å². The van der Waals surface area contributed by atoms with E-state index < -0.39 is 28.7 Å². The molecule has 4 fully saturated rings. The molecular weight excluding hydrogens is 522 g/mol. The van der Waals surface area contributed by atoms with Crippen LogP contribution in [0.25, 0.3) is 0 Å². The van der Waals surface area contributed by atoms with Gasteiger partial charge in [-0.3, -0.25) is 14.4 Å². The van der Waals surface area contributed by atoms with Crippen molar-refractivity contribution < 1.29 is 19.5 Å². The van der Waals surface area contributed by atoms with Gasteiger partial charge in [0.05, 0.1) is 29.2 Å². The number of amides is 3. The molecule has 8 atom stereocenters. The standard InChI is InChI=1S/C32H51N3O4S/c1-7-16-33(17-8-2)29(37)26-25-19-22(6)32(40-25)27(26)30(38)35(24(20-36)21(5)10-4)28(32)31(39)34(18-9-3)23-14-12-11-13-15-23/h7,9,21-28,36H,1,3,8,10-20H2,2,4-6H3/t21-,22?,24-,25-,26+,27-,28?,32?/m0/s1. The van der Waals surface area contributed by atoms with Crippen molar-refractivity contribution in [3.63, 3.8) is 0 Å². The fourth-order valence-corrected chi connectivity index (χ4v) is 10.6. The molecule has 40 heavy (non-hydrogen) atoms. The highest BCUT2D eigenvalue weighted by Crippen LogP contribution is 2.69. The Labute approximate surface area is 245 Å². The van der Waals surface area contributed by atoms with Gasteiger partial charge >= 0.3 is 0 Å². The molecule has 2 bridgehead atoms. The number of nitrogens with zero attached hydrogens (tertiary/aromatic N) is 3. The zero-order chi connectivity index (χ0) is 29.2. The second kappa shape index (κ2) is 13.0. The van der Waals surface area contributed by atoms with Crippen molar-refractivity contribution in [1.29, 1.82) is 0 Å². The lowest BCUT2D eigenvalue weighted by Crippen LogP contribution is -2.61. The van der Waals surface area contributed by atoms with Crippen molar-refractivity contribution in [1.82, 2.24) is 14.7 Å². The molecule has 3 aliphatic heterocycles. The number of hydrogen-bond acceptors (Lipinski definition) is 5. The maximum absolute atomic E-state index is 14.9. The Bertz CT molecular complexity index is 968. The third-order valence-electron chi connectivity index (χ3n) is 10.3. The van der Waals surface area contributed by atoms with E-state index in [4.69, 9.17) is 0 Å². The number of hydrogen-bond donors (Lipinski definition) is 1. The van der Waals surface area contributed by atoms with Crippen LogP contribution in [0.5, 0.6) is 0 Å². The summed E-state index contributed by atoms with van der Waals surface area (Å²) in [7, 11) is 0. The molecule has 1 saturated carbocycles. The summed E-state index contributed by atoms with van der Waals surface area (Å²) >= 11 is 1.73. The molecule has 0 aromatic carbocycles. The summed E-state index contributed by atoms with van der Waals surface area (Å²) in [6.07, 6.45) is 11.3. The largest absolute Gasteiger partial charge is 0.394 e. The third-order valence-corrected chi connectivity index (χ3v) is 12.4. The van der Waals surface area contributed by atoms with E-state index in [0.29, 0.717) is 19.6 Å². The SMILES string of the molecule is C=CCN(CCC)C(=O)[C@@H]1[C@@H]2CC(C)C3(S2)C(C(=O)N(CC=C)C2CCCCC2)N([C@@H](CO)[C@@H](C)CC)C(=O)[C@H]13. The van der Waals surface area contributed by atoms with Crippen LogP contribution < -0.4 is 0 Å². The van der Waals surface area contributed by atoms with Gasteiger partial charge in [0.1, 0.15) is 6.04 Å². The van der Waals surface area contributed by atoms with E-state index >= 15 is 0 Å².